The van der Waals surface area contributed by atoms with Crippen LogP contribution in [0.15, 0.2) is 48.5 Å². The molecule has 2 aromatic rings. The fourth-order valence-corrected chi connectivity index (χ4v) is 4.38. The largest absolute Gasteiger partial charge is 0.480 e. The number of carbonyl (C=O) groups is 3. The van der Waals surface area contributed by atoms with E-state index in [1.54, 1.807) is 13.8 Å². The average Bonchev–Trinajstić information content (AvgIpc) is 3.11. The zero-order valence-electron chi connectivity index (χ0n) is 20.3. The number of benzene rings is 2. The van der Waals surface area contributed by atoms with Crippen molar-refractivity contribution in [2.45, 2.75) is 58.4 Å². The number of hydrogen-bond acceptors (Lipinski definition) is 4. The smallest absolute Gasteiger partial charge is 0.407 e. The Kier molecular flexibility index (Phi) is 7.64. The summed E-state index contributed by atoms with van der Waals surface area (Å²) in [4.78, 5) is 36.7. The van der Waals surface area contributed by atoms with E-state index in [4.69, 9.17) is 4.74 Å². The molecule has 7 nitrogen and oxygen atoms in total. The molecule has 1 aliphatic rings. The molecule has 0 radical (unpaired) electrons. The molecule has 0 fully saturated rings. The molecule has 182 valence electrons. The number of hydrogen-bond donors (Lipinski definition) is 3. The summed E-state index contributed by atoms with van der Waals surface area (Å²) in [5.41, 5.74) is 2.43. The van der Waals surface area contributed by atoms with Gasteiger partial charge in [0.25, 0.3) is 0 Å². The number of carboxylic acids is 1. The molecule has 7 heteroatoms. The molecule has 2 amide bonds. The number of fused-ring (bicyclic) bond motifs is 3. The van der Waals surface area contributed by atoms with E-state index < -0.39 is 23.0 Å². The van der Waals surface area contributed by atoms with E-state index >= 15 is 0 Å². The zero-order chi connectivity index (χ0) is 24.9. The van der Waals surface area contributed by atoms with Crippen LogP contribution in [0.2, 0.25) is 0 Å². The lowest BCUT2D eigenvalue weighted by Gasteiger charge is -2.31. The van der Waals surface area contributed by atoms with Gasteiger partial charge in [-0.2, -0.15) is 0 Å². The molecular weight excluding hydrogens is 432 g/mol. The molecule has 0 aliphatic heterocycles. The van der Waals surface area contributed by atoms with Crippen LogP contribution in [0.5, 0.6) is 0 Å². The van der Waals surface area contributed by atoms with Gasteiger partial charge in [0.2, 0.25) is 5.91 Å². The highest BCUT2D eigenvalue weighted by molar-refractivity contribution is 5.89. The van der Waals surface area contributed by atoms with Crippen LogP contribution in [-0.2, 0) is 14.3 Å². The lowest BCUT2D eigenvalue weighted by Crippen LogP contribution is -2.55. The first-order valence-corrected chi connectivity index (χ1v) is 11.7. The van der Waals surface area contributed by atoms with Crippen LogP contribution in [0.4, 0.5) is 4.79 Å². The third kappa shape index (κ3) is 5.41. The molecule has 34 heavy (non-hydrogen) atoms. The lowest BCUT2D eigenvalue weighted by atomic mass is 9.86. The summed E-state index contributed by atoms with van der Waals surface area (Å²) in [6.07, 6.45) is 0.763. The Bertz CT molecular complexity index is 1020. The minimum atomic E-state index is -1.32. The predicted molar refractivity (Wildman–Crippen MR) is 131 cm³/mol. The SMILES string of the molecule is CCCC(C)(NC(=O)C(C)(C)CCNC(=O)OCC1c2ccccc2-c2ccccc21)C(=O)O. The lowest BCUT2D eigenvalue weighted by molar-refractivity contribution is -0.149. The second kappa shape index (κ2) is 10.3. The first-order chi connectivity index (χ1) is 16.1. The summed E-state index contributed by atoms with van der Waals surface area (Å²) >= 11 is 0. The number of ether oxygens (including phenoxy) is 1. The number of amides is 2. The first-order valence-electron chi connectivity index (χ1n) is 11.7. The highest BCUT2D eigenvalue weighted by Crippen LogP contribution is 2.44. The second-order valence-electron chi connectivity index (χ2n) is 9.73. The molecular formula is C27H34N2O5. The van der Waals surface area contributed by atoms with Gasteiger partial charge in [0.15, 0.2) is 0 Å². The molecule has 0 saturated heterocycles. The van der Waals surface area contributed by atoms with Crippen molar-refractivity contribution >= 4 is 18.0 Å². The molecule has 0 saturated carbocycles. The highest BCUT2D eigenvalue weighted by Gasteiger charge is 2.38. The molecule has 0 bridgehead atoms. The molecule has 0 spiro atoms. The maximum Gasteiger partial charge on any atom is 0.407 e. The van der Waals surface area contributed by atoms with Crippen molar-refractivity contribution < 1.29 is 24.2 Å². The summed E-state index contributed by atoms with van der Waals surface area (Å²) < 4.78 is 5.53. The topological polar surface area (TPSA) is 105 Å². The van der Waals surface area contributed by atoms with Gasteiger partial charge in [0, 0.05) is 17.9 Å². The van der Waals surface area contributed by atoms with Gasteiger partial charge in [-0.05, 0) is 42.0 Å². The first kappa shape index (κ1) is 25.3. The van der Waals surface area contributed by atoms with E-state index in [2.05, 4.69) is 34.9 Å². The Labute approximate surface area is 200 Å². The molecule has 0 aromatic heterocycles. The maximum atomic E-state index is 12.8. The van der Waals surface area contributed by atoms with Gasteiger partial charge in [-0.1, -0.05) is 75.7 Å². The number of rotatable bonds is 10. The number of carbonyl (C=O) groups excluding carboxylic acids is 2. The van der Waals surface area contributed by atoms with Crippen LogP contribution >= 0.6 is 0 Å². The van der Waals surface area contributed by atoms with Gasteiger partial charge in [-0.25, -0.2) is 9.59 Å². The van der Waals surface area contributed by atoms with Gasteiger partial charge in [0.1, 0.15) is 12.1 Å². The van der Waals surface area contributed by atoms with Crippen LogP contribution in [0.3, 0.4) is 0 Å². The number of alkyl carbamates (subject to hydrolysis) is 1. The molecule has 0 heterocycles. The van der Waals surface area contributed by atoms with E-state index in [1.165, 1.54) is 6.92 Å². The van der Waals surface area contributed by atoms with E-state index in [9.17, 15) is 19.5 Å². The number of aliphatic carboxylic acids is 1. The number of nitrogens with one attached hydrogen (secondary N) is 2. The van der Waals surface area contributed by atoms with Crippen molar-refractivity contribution in [3.05, 3.63) is 59.7 Å². The van der Waals surface area contributed by atoms with Crippen molar-refractivity contribution in [3.63, 3.8) is 0 Å². The molecule has 1 atom stereocenters. The Balaban J connectivity index is 1.52. The molecule has 3 N–H and O–H groups in total. The fourth-order valence-electron chi connectivity index (χ4n) is 4.38. The van der Waals surface area contributed by atoms with Crippen LogP contribution in [0, 0.1) is 5.41 Å². The van der Waals surface area contributed by atoms with Crippen LogP contribution < -0.4 is 10.6 Å². The summed E-state index contributed by atoms with van der Waals surface area (Å²) in [6, 6.07) is 16.3. The average molecular weight is 467 g/mol. The van der Waals surface area contributed by atoms with Crippen molar-refractivity contribution in [3.8, 4) is 11.1 Å². The van der Waals surface area contributed by atoms with Crippen LogP contribution in [0.25, 0.3) is 11.1 Å². The van der Waals surface area contributed by atoms with Crippen molar-refractivity contribution in [1.82, 2.24) is 10.6 Å². The Hall–Kier alpha value is -3.35. The normalized spacial score (nSPS) is 14.5. The minimum Gasteiger partial charge on any atom is -0.480 e. The zero-order valence-corrected chi connectivity index (χ0v) is 20.3. The Morgan fingerprint density at radius 3 is 2.03 bits per heavy atom. The molecule has 1 unspecified atom stereocenters. The molecule has 3 rings (SSSR count). The van der Waals surface area contributed by atoms with Gasteiger partial charge < -0.3 is 20.5 Å². The second-order valence-corrected chi connectivity index (χ2v) is 9.73. The summed E-state index contributed by atoms with van der Waals surface area (Å²) in [7, 11) is 0. The maximum absolute atomic E-state index is 12.8. The third-order valence-electron chi connectivity index (χ3n) is 6.59. The van der Waals surface area contributed by atoms with Crippen LogP contribution in [-0.4, -0.2) is 41.8 Å². The van der Waals surface area contributed by atoms with Crippen molar-refractivity contribution in [2.75, 3.05) is 13.2 Å². The monoisotopic (exact) mass is 466 g/mol. The van der Waals surface area contributed by atoms with Gasteiger partial charge in [0.05, 0.1) is 0 Å². The summed E-state index contributed by atoms with van der Waals surface area (Å²) in [5.74, 6) is -1.44. The van der Waals surface area contributed by atoms with Gasteiger partial charge in [-0.15, -0.1) is 0 Å². The minimum absolute atomic E-state index is 0.0207. The van der Waals surface area contributed by atoms with Crippen LogP contribution in [0.1, 0.15) is 64.0 Å². The number of carboxylic acid groups (broad SMARTS) is 1. The predicted octanol–water partition coefficient (Wildman–Crippen LogP) is 4.70. The highest BCUT2D eigenvalue weighted by atomic mass is 16.5. The van der Waals surface area contributed by atoms with E-state index in [0.717, 1.165) is 22.3 Å². The van der Waals surface area contributed by atoms with Crippen molar-refractivity contribution in [1.29, 1.82) is 0 Å². The van der Waals surface area contributed by atoms with E-state index in [-0.39, 0.29) is 25.0 Å². The van der Waals surface area contributed by atoms with Gasteiger partial charge in [-0.3, -0.25) is 4.79 Å². The van der Waals surface area contributed by atoms with Crippen molar-refractivity contribution in [2.24, 2.45) is 5.41 Å². The summed E-state index contributed by atoms with van der Waals surface area (Å²) in [5, 5.41) is 14.9. The third-order valence-corrected chi connectivity index (χ3v) is 6.59. The Morgan fingerprint density at radius 2 is 1.50 bits per heavy atom. The van der Waals surface area contributed by atoms with E-state index in [0.29, 0.717) is 19.3 Å². The summed E-state index contributed by atoms with van der Waals surface area (Å²) in [6.45, 7) is 7.30. The van der Waals surface area contributed by atoms with Gasteiger partial charge >= 0.3 is 12.1 Å². The molecule has 2 aromatic carbocycles. The standard InChI is InChI=1S/C27H34N2O5/c1-5-14-27(4,24(31)32)29-23(30)26(2,3)15-16-28-25(33)34-17-22-20-12-8-6-10-18(20)19-11-7-9-13-21(19)22/h6-13,22H,5,14-17H2,1-4H3,(H,28,33)(H,29,30)(H,31,32). The fraction of sp³-hybridized carbons (Fsp3) is 0.444. The Morgan fingerprint density at radius 1 is 0.941 bits per heavy atom. The molecule has 1 aliphatic carbocycles. The van der Waals surface area contributed by atoms with E-state index in [1.807, 2.05) is 31.2 Å². The quantitative estimate of drug-likeness (QED) is 0.471.